The molecular formula is C16H24O2. The smallest absolute Gasteiger partial charge is 0.313 e. The lowest BCUT2D eigenvalue weighted by molar-refractivity contribution is -0.147. The minimum atomic E-state index is -0.134. The summed E-state index contributed by atoms with van der Waals surface area (Å²) in [5.74, 6) is 0.625. The van der Waals surface area contributed by atoms with E-state index in [0.29, 0.717) is 18.4 Å². The van der Waals surface area contributed by atoms with Gasteiger partial charge in [0.05, 0.1) is 12.5 Å². The molecule has 0 aliphatic heterocycles. The molecule has 1 unspecified atom stereocenters. The third-order valence-electron chi connectivity index (χ3n) is 2.75. The van der Waals surface area contributed by atoms with Gasteiger partial charge in [0.1, 0.15) is 0 Å². The molecule has 0 saturated carbocycles. The van der Waals surface area contributed by atoms with Gasteiger partial charge in [-0.2, -0.15) is 0 Å². The van der Waals surface area contributed by atoms with Crippen LogP contribution in [0.25, 0.3) is 0 Å². The third-order valence-corrected chi connectivity index (χ3v) is 2.75. The van der Waals surface area contributed by atoms with Crippen LogP contribution >= 0.6 is 0 Å². The van der Waals surface area contributed by atoms with Crippen molar-refractivity contribution in [2.75, 3.05) is 6.61 Å². The fourth-order valence-corrected chi connectivity index (χ4v) is 1.87. The van der Waals surface area contributed by atoms with Gasteiger partial charge in [0.15, 0.2) is 0 Å². The predicted molar refractivity (Wildman–Crippen MR) is 74.4 cm³/mol. The molecule has 0 N–H and O–H groups in total. The second-order valence-corrected chi connectivity index (χ2v) is 5.62. The summed E-state index contributed by atoms with van der Waals surface area (Å²) in [5, 5.41) is 0. The Morgan fingerprint density at radius 3 is 2.17 bits per heavy atom. The van der Waals surface area contributed by atoms with E-state index < -0.39 is 0 Å². The Kier molecular flexibility index (Phi) is 5.90. The maximum Gasteiger partial charge on any atom is 0.313 e. The third kappa shape index (κ3) is 4.91. The lowest BCUT2D eigenvalue weighted by Crippen LogP contribution is -2.20. The van der Waals surface area contributed by atoms with E-state index in [1.165, 1.54) is 0 Å². The first-order valence-electron chi connectivity index (χ1n) is 6.72. The molecule has 0 amide bonds. The van der Waals surface area contributed by atoms with E-state index in [9.17, 15) is 4.79 Å². The average molecular weight is 248 g/mol. The number of ether oxygens (including phenoxy) is 1. The fraction of sp³-hybridized carbons (Fsp3) is 0.562. The van der Waals surface area contributed by atoms with Crippen LogP contribution in [-0.4, -0.2) is 12.6 Å². The van der Waals surface area contributed by atoms with Crippen LogP contribution in [-0.2, 0) is 9.53 Å². The van der Waals surface area contributed by atoms with Crippen LogP contribution in [0.5, 0.6) is 0 Å². The Labute approximate surface area is 110 Å². The van der Waals surface area contributed by atoms with Gasteiger partial charge in [-0.05, 0) is 23.8 Å². The second-order valence-electron chi connectivity index (χ2n) is 5.62. The molecule has 2 nitrogen and oxygen atoms in total. The van der Waals surface area contributed by atoms with Gasteiger partial charge >= 0.3 is 5.97 Å². The quantitative estimate of drug-likeness (QED) is 0.711. The highest BCUT2D eigenvalue weighted by Crippen LogP contribution is 2.25. The van der Waals surface area contributed by atoms with Crippen LogP contribution < -0.4 is 0 Å². The predicted octanol–water partition coefficient (Wildman–Crippen LogP) is 4.02. The molecule has 1 rings (SSSR count). The zero-order valence-electron chi connectivity index (χ0n) is 11.8. The summed E-state index contributed by atoms with van der Waals surface area (Å²) in [6, 6.07) is 9.92. The van der Waals surface area contributed by atoms with Crippen molar-refractivity contribution in [1.29, 1.82) is 0 Å². The zero-order chi connectivity index (χ0) is 13.5. The topological polar surface area (TPSA) is 26.3 Å². The molecule has 100 valence electrons. The van der Waals surface area contributed by atoms with Crippen molar-refractivity contribution in [2.24, 2.45) is 11.8 Å². The number of hydrogen-bond donors (Lipinski definition) is 0. The fourth-order valence-electron chi connectivity index (χ4n) is 1.87. The maximum atomic E-state index is 12.2. The van der Waals surface area contributed by atoms with Crippen molar-refractivity contribution in [2.45, 2.75) is 40.0 Å². The largest absolute Gasteiger partial charge is 0.465 e. The molecule has 0 saturated heterocycles. The van der Waals surface area contributed by atoms with E-state index in [1.54, 1.807) is 0 Å². The molecule has 18 heavy (non-hydrogen) atoms. The van der Waals surface area contributed by atoms with Gasteiger partial charge in [0, 0.05) is 0 Å². The molecule has 1 atom stereocenters. The molecule has 0 spiro atoms. The van der Waals surface area contributed by atoms with Gasteiger partial charge in [-0.25, -0.2) is 0 Å². The van der Waals surface area contributed by atoms with E-state index in [2.05, 4.69) is 13.8 Å². The highest BCUT2D eigenvalue weighted by atomic mass is 16.5. The van der Waals surface area contributed by atoms with Crippen LogP contribution in [0, 0.1) is 11.8 Å². The summed E-state index contributed by atoms with van der Waals surface area (Å²) in [6.45, 7) is 8.86. The highest BCUT2D eigenvalue weighted by Gasteiger charge is 2.23. The summed E-state index contributed by atoms with van der Waals surface area (Å²) >= 11 is 0. The molecule has 0 heterocycles. The lowest BCUT2D eigenvalue weighted by Gasteiger charge is -2.19. The lowest BCUT2D eigenvalue weighted by atomic mass is 9.90. The average Bonchev–Trinajstić information content (AvgIpc) is 2.34. The van der Waals surface area contributed by atoms with Gasteiger partial charge in [-0.3, -0.25) is 4.79 Å². The van der Waals surface area contributed by atoms with Crippen molar-refractivity contribution in [3.8, 4) is 0 Å². The van der Waals surface area contributed by atoms with Crippen LogP contribution in [0.15, 0.2) is 30.3 Å². The first-order chi connectivity index (χ1) is 8.50. The summed E-state index contributed by atoms with van der Waals surface area (Å²) in [5.41, 5.74) is 1.06. The van der Waals surface area contributed by atoms with E-state index in [4.69, 9.17) is 4.74 Å². The Hall–Kier alpha value is -1.31. The van der Waals surface area contributed by atoms with Crippen molar-refractivity contribution in [1.82, 2.24) is 0 Å². The van der Waals surface area contributed by atoms with E-state index in [0.717, 1.165) is 12.0 Å². The van der Waals surface area contributed by atoms with Gasteiger partial charge in [0.2, 0.25) is 0 Å². The minimum absolute atomic E-state index is 0.0939. The van der Waals surface area contributed by atoms with Crippen LogP contribution in [0.3, 0.4) is 0 Å². The molecule has 0 fully saturated rings. The monoisotopic (exact) mass is 248 g/mol. The first-order valence-corrected chi connectivity index (χ1v) is 6.72. The van der Waals surface area contributed by atoms with E-state index in [1.807, 2.05) is 44.2 Å². The molecule has 0 aromatic heterocycles. The summed E-state index contributed by atoms with van der Waals surface area (Å²) < 4.78 is 5.38. The molecule has 1 aromatic carbocycles. The maximum absolute atomic E-state index is 12.2. The van der Waals surface area contributed by atoms with Crippen molar-refractivity contribution < 1.29 is 9.53 Å². The van der Waals surface area contributed by atoms with Crippen LogP contribution in [0.1, 0.15) is 45.6 Å². The summed E-state index contributed by atoms with van der Waals surface area (Å²) in [4.78, 5) is 12.2. The molecule has 0 aliphatic rings. The number of carbonyl (C=O) groups is 1. The van der Waals surface area contributed by atoms with Crippen molar-refractivity contribution in [3.63, 3.8) is 0 Å². The van der Waals surface area contributed by atoms with Gasteiger partial charge in [0.25, 0.3) is 0 Å². The Morgan fingerprint density at radius 2 is 1.67 bits per heavy atom. The summed E-state index contributed by atoms with van der Waals surface area (Å²) in [7, 11) is 0. The van der Waals surface area contributed by atoms with Gasteiger partial charge in [-0.1, -0.05) is 58.0 Å². The Bertz CT molecular complexity index is 355. The molecular weight excluding hydrogens is 224 g/mol. The van der Waals surface area contributed by atoms with Crippen LogP contribution in [0.2, 0.25) is 0 Å². The van der Waals surface area contributed by atoms with Gasteiger partial charge in [-0.15, -0.1) is 0 Å². The Balaban J connectivity index is 2.75. The molecule has 0 aliphatic carbocycles. The number of rotatable bonds is 6. The molecule has 0 radical (unpaired) electrons. The van der Waals surface area contributed by atoms with Crippen molar-refractivity contribution in [3.05, 3.63) is 35.9 Å². The second kappa shape index (κ2) is 7.20. The van der Waals surface area contributed by atoms with Gasteiger partial charge < -0.3 is 4.74 Å². The number of hydrogen-bond acceptors (Lipinski definition) is 2. The number of esters is 1. The minimum Gasteiger partial charge on any atom is -0.465 e. The summed E-state index contributed by atoms with van der Waals surface area (Å²) in [6.07, 6.45) is 0.834. The zero-order valence-corrected chi connectivity index (χ0v) is 11.8. The molecule has 2 heteroatoms. The van der Waals surface area contributed by atoms with E-state index >= 15 is 0 Å². The number of benzene rings is 1. The van der Waals surface area contributed by atoms with Crippen molar-refractivity contribution >= 4 is 5.97 Å². The molecule has 0 bridgehead atoms. The SMILES string of the molecule is CC(C)COC(=O)C(CC(C)C)c1ccccc1. The molecule has 1 aromatic rings. The van der Waals surface area contributed by atoms with Crippen LogP contribution in [0.4, 0.5) is 0 Å². The van der Waals surface area contributed by atoms with E-state index in [-0.39, 0.29) is 11.9 Å². The number of carbonyl (C=O) groups excluding carboxylic acids is 1. The standard InChI is InChI=1S/C16H24O2/c1-12(2)10-15(14-8-6-5-7-9-14)16(17)18-11-13(3)4/h5-9,12-13,15H,10-11H2,1-4H3. The highest BCUT2D eigenvalue weighted by molar-refractivity contribution is 5.78. The Morgan fingerprint density at radius 1 is 1.06 bits per heavy atom. The normalized spacial score (nSPS) is 12.8. The first kappa shape index (κ1) is 14.7.